The largest absolute Gasteiger partial charge is 0.478 e. The molecule has 0 fully saturated rings. The van der Waals surface area contributed by atoms with Crippen LogP contribution in [0.3, 0.4) is 0 Å². The second kappa shape index (κ2) is 6.05. The van der Waals surface area contributed by atoms with Crippen LogP contribution >= 0.6 is 0 Å². The Kier molecular flexibility index (Phi) is 4.19. The summed E-state index contributed by atoms with van der Waals surface area (Å²) in [5.41, 5.74) is 0.983. The zero-order valence-electron chi connectivity index (χ0n) is 10.5. The number of carbonyl (C=O) groups is 1. The highest BCUT2D eigenvalue weighted by atomic mass is 16.5. The third-order valence-corrected chi connectivity index (χ3v) is 2.53. The summed E-state index contributed by atoms with van der Waals surface area (Å²) >= 11 is 0. The summed E-state index contributed by atoms with van der Waals surface area (Å²) in [5, 5.41) is 16.0. The molecule has 0 unspecified atom stereocenters. The maximum atomic E-state index is 10.7. The van der Waals surface area contributed by atoms with E-state index in [0.29, 0.717) is 25.5 Å². The summed E-state index contributed by atoms with van der Waals surface area (Å²) in [7, 11) is 1.64. The number of methoxy groups -OCH3 is 1. The Morgan fingerprint density at radius 1 is 1.63 bits per heavy atom. The molecular weight excluding hydrogens is 250 g/mol. The average Bonchev–Trinajstić information content (AvgIpc) is 3.03. The Labute approximate surface area is 109 Å². The van der Waals surface area contributed by atoms with Gasteiger partial charge in [-0.25, -0.2) is 4.79 Å². The summed E-state index contributed by atoms with van der Waals surface area (Å²) in [6.07, 6.45) is 4.76. The van der Waals surface area contributed by atoms with Crippen molar-refractivity contribution in [3.05, 3.63) is 36.0 Å². The molecule has 2 rings (SSSR count). The summed E-state index contributed by atoms with van der Waals surface area (Å²) in [6, 6.07) is 1.49. The second-order valence-electron chi connectivity index (χ2n) is 3.95. The van der Waals surface area contributed by atoms with Crippen molar-refractivity contribution in [2.24, 2.45) is 0 Å². The fraction of sp³-hybridized carbons (Fsp3) is 0.333. The number of carboxylic acid groups (broad SMARTS) is 1. The molecular formula is C12H15N3O4. The number of hydrogen-bond donors (Lipinski definition) is 2. The number of aromatic carboxylic acids is 1. The van der Waals surface area contributed by atoms with Crippen molar-refractivity contribution in [2.45, 2.75) is 13.1 Å². The lowest BCUT2D eigenvalue weighted by Gasteiger charge is -2.00. The minimum atomic E-state index is -0.998. The summed E-state index contributed by atoms with van der Waals surface area (Å²) in [4.78, 5) is 10.7. The molecule has 0 radical (unpaired) electrons. The molecule has 0 bridgehead atoms. The zero-order valence-corrected chi connectivity index (χ0v) is 10.5. The number of nitrogens with one attached hydrogen (secondary N) is 1. The van der Waals surface area contributed by atoms with Gasteiger partial charge in [0, 0.05) is 13.3 Å². The molecule has 102 valence electrons. The smallest absolute Gasteiger partial charge is 0.338 e. The van der Waals surface area contributed by atoms with E-state index < -0.39 is 5.97 Å². The van der Waals surface area contributed by atoms with Gasteiger partial charge in [-0.3, -0.25) is 4.68 Å². The van der Waals surface area contributed by atoms with Crippen molar-refractivity contribution in [3.63, 3.8) is 0 Å². The SMILES string of the molecule is COCCn1cc(NCc2cc(C(=O)O)co2)cn1. The van der Waals surface area contributed by atoms with Gasteiger partial charge in [0.05, 0.1) is 37.1 Å². The van der Waals surface area contributed by atoms with Gasteiger partial charge in [-0.2, -0.15) is 5.10 Å². The molecule has 2 aromatic heterocycles. The fourth-order valence-corrected chi connectivity index (χ4v) is 1.54. The topological polar surface area (TPSA) is 89.5 Å². The van der Waals surface area contributed by atoms with Crippen LogP contribution in [0.15, 0.2) is 29.1 Å². The van der Waals surface area contributed by atoms with Crippen molar-refractivity contribution in [3.8, 4) is 0 Å². The van der Waals surface area contributed by atoms with Crippen LogP contribution in [0.2, 0.25) is 0 Å². The Hall–Kier alpha value is -2.28. The van der Waals surface area contributed by atoms with Gasteiger partial charge in [-0.05, 0) is 6.07 Å². The molecule has 0 saturated heterocycles. The summed E-state index contributed by atoms with van der Waals surface area (Å²) in [6.45, 7) is 1.69. The standard InChI is InChI=1S/C12H15N3O4/c1-18-3-2-15-7-10(5-14-15)13-6-11-4-9(8-19-11)12(16)17/h4-5,7-8,13H,2-3,6H2,1H3,(H,16,17). The van der Waals surface area contributed by atoms with E-state index >= 15 is 0 Å². The van der Waals surface area contributed by atoms with Crippen molar-refractivity contribution >= 4 is 11.7 Å². The third kappa shape index (κ3) is 3.59. The van der Waals surface area contributed by atoms with E-state index in [0.717, 1.165) is 5.69 Å². The van der Waals surface area contributed by atoms with Crippen molar-refractivity contribution < 1.29 is 19.1 Å². The monoisotopic (exact) mass is 265 g/mol. The number of carboxylic acids is 1. The van der Waals surface area contributed by atoms with Crippen LogP contribution in [-0.2, 0) is 17.8 Å². The molecule has 0 aliphatic carbocycles. The first-order chi connectivity index (χ1) is 9.19. The molecule has 0 aliphatic rings. The number of ether oxygens (including phenoxy) is 1. The first kappa shape index (κ1) is 13.2. The van der Waals surface area contributed by atoms with Crippen LogP contribution in [0, 0.1) is 0 Å². The lowest BCUT2D eigenvalue weighted by molar-refractivity contribution is 0.0696. The number of furan rings is 1. The lowest BCUT2D eigenvalue weighted by Crippen LogP contribution is -2.04. The molecule has 0 saturated carbocycles. The van der Waals surface area contributed by atoms with Gasteiger partial charge in [0.25, 0.3) is 0 Å². The molecule has 0 amide bonds. The Morgan fingerprint density at radius 3 is 3.16 bits per heavy atom. The number of rotatable bonds is 7. The van der Waals surface area contributed by atoms with E-state index in [-0.39, 0.29) is 5.56 Å². The van der Waals surface area contributed by atoms with Crippen molar-refractivity contribution in [2.75, 3.05) is 19.0 Å². The molecule has 0 aromatic carbocycles. The van der Waals surface area contributed by atoms with E-state index in [1.54, 1.807) is 18.0 Å². The van der Waals surface area contributed by atoms with Crippen LogP contribution < -0.4 is 5.32 Å². The summed E-state index contributed by atoms with van der Waals surface area (Å²) in [5.74, 6) is -0.440. The summed E-state index contributed by atoms with van der Waals surface area (Å²) < 4.78 is 11.8. The van der Waals surface area contributed by atoms with Gasteiger partial charge >= 0.3 is 5.97 Å². The maximum Gasteiger partial charge on any atom is 0.338 e. The first-order valence-corrected chi connectivity index (χ1v) is 5.75. The van der Waals surface area contributed by atoms with Crippen molar-refractivity contribution in [1.82, 2.24) is 9.78 Å². The number of aromatic nitrogens is 2. The maximum absolute atomic E-state index is 10.7. The number of hydrogen-bond acceptors (Lipinski definition) is 5. The molecule has 2 heterocycles. The molecule has 19 heavy (non-hydrogen) atoms. The Bertz CT molecular complexity index is 547. The minimum Gasteiger partial charge on any atom is -0.478 e. The second-order valence-corrected chi connectivity index (χ2v) is 3.95. The van der Waals surface area contributed by atoms with Crippen LogP contribution in [0.4, 0.5) is 5.69 Å². The first-order valence-electron chi connectivity index (χ1n) is 5.75. The lowest BCUT2D eigenvalue weighted by atomic mass is 10.3. The average molecular weight is 265 g/mol. The highest BCUT2D eigenvalue weighted by Gasteiger charge is 2.08. The Morgan fingerprint density at radius 2 is 2.47 bits per heavy atom. The molecule has 7 heteroatoms. The van der Waals surface area contributed by atoms with Crippen LogP contribution in [0.5, 0.6) is 0 Å². The molecule has 2 aromatic rings. The molecule has 0 spiro atoms. The van der Waals surface area contributed by atoms with Crippen LogP contribution in [-0.4, -0.2) is 34.6 Å². The van der Waals surface area contributed by atoms with Crippen LogP contribution in [0.1, 0.15) is 16.1 Å². The van der Waals surface area contributed by atoms with Crippen LogP contribution in [0.25, 0.3) is 0 Å². The van der Waals surface area contributed by atoms with E-state index in [1.807, 2.05) is 6.20 Å². The molecule has 0 atom stereocenters. The zero-order chi connectivity index (χ0) is 13.7. The third-order valence-electron chi connectivity index (χ3n) is 2.53. The number of anilines is 1. The van der Waals surface area contributed by atoms with E-state index in [1.165, 1.54) is 12.3 Å². The Balaban J connectivity index is 1.87. The fourth-order valence-electron chi connectivity index (χ4n) is 1.54. The van der Waals surface area contributed by atoms with Gasteiger partial charge in [-0.15, -0.1) is 0 Å². The van der Waals surface area contributed by atoms with Crippen molar-refractivity contribution in [1.29, 1.82) is 0 Å². The predicted octanol–water partition coefficient (Wildman–Crippen LogP) is 1.43. The minimum absolute atomic E-state index is 0.146. The molecule has 7 nitrogen and oxygen atoms in total. The highest BCUT2D eigenvalue weighted by Crippen LogP contribution is 2.11. The van der Waals surface area contributed by atoms with E-state index in [2.05, 4.69) is 10.4 Å². The normalized spacial score (nSPS) is 10.6. The van der Waals surface area contributed by atoms with Gasteiger partial charge in [0.15, 0.2) is 0 Å². The van der Waals surface area contributed by atoms with E-state index in [4.69, 9.17) is 14.3 Å². The van der Waals surface area contributed by atoms with Gasteiger partial charge in [0.1, 0.15) is 12.0 Å². The highest BCUT2D eigenvalue weighted by molar-refractivity contribution is 5.87. The predicted molar refractivity (Wildman–Crippen MR) is 67.1 cm³/mol. The molecule has 2 N–H and O–H groups in total. The van der Waals surface area contributed by atoms with Gasteiger partial charge in [-0.1, -0.05) is 0 Å². The van der Waals surface area contributed by atoms with E-state index in [9.17, 15) is 4.79 Å². The molecule has 0 aliphatic heterocycles. The van der Waals surface area contributed by atoms with Gasteiger partial charge < -0.3 is 19.6 Å². The quantitative estimate of drug-likeness (QED) is 0.787. The van der Waals surface area contributed by atoms with Gasteiger partial charge in [0.2, 0.25) is 0 Å². The number of nitrogens with zero attached hydrogens (tertiary/aromatic N) is 2.